The van der Waals surface area contributed by atoms with E-state index in [1.165, 1.54) is 5.56 Å². The van der Waals surface area contributed by atoms with Crippen LogP contribution >= 0.6 is 0 Å². The van der Waals surface area contributed by atoms with Crippen molar-refractivity contribution in [2.45, 2.75) is 13.8 Å². The molecule has 0 radical (unpaired) electrons. The van der Waals surface area contributed by atoms with Crippen molar-refractivity contribution in [1.82, 2.24) is 24.5 Å². The van der Waals surface area contributed by atoms with E-state index in [1.807, 2.05) is 29.5 Å². The van der Waals surface area contributed by atoms with E-state index < -0.39 is 0 Å². The first-order valence-electron chi connectivity index (χ1n) is 9.10. The number of anilines is 2. The van der Waals surface area contributed by atoms with E-state index in [2.05, 4.69) is 43.3 Å². The maximum Gasteiger partial charge on any atom is 0.256 e. The summed E-state index contributed by atoms with van der Waals surface area (Å²) in [5, 5.41) is 11.0. The second kappa shape index (κ2) is 7.32. The number of benzene rings is 1. The van der Waals surface area contributed by atoms with Gasteiger partial charge in [-0.05, 0) is 37.1 Å². The fourth-order valence-corrected chi connectivity index (χ4v) is 3.40. The third kappa shape index (κ3) is 3.61. The van der Waals surface area contributed by atoms with Crippen LogP contribution in [0.3, 0.4) is 0 Å². The lowest BCUT2D eigenvalue weighted by Gasteiger charge is -2.35. The number of rotatable bonds is 4. The maximum absolute atomic E-state index is 12.4. The first kappa shape index (κ1) is 17.4. The van der Waals surface area contributed by atoms with E-state index in [0.29, 0.717) is 12.3 Å². The summed E-state index contributed by atoms with van der Waals surface area (Å²) in [5.74, 6) is 1.66. The third-order valence-corrected chi connectivity index (χ3v) is 5.13. The number of fused-ring (bicyclic) bond motifs is 1. The molecule has 1 aliphatic heterocycles. The van der Waals surface area contributed by atoms with Crippen molar-refractivity contribution in [2.24, 2.45) is 0 Å². The highest BCUT2D eigenvalue weighted by Gasteiger charge is 2.21. The number of carbonyl (C=O) groups is 1. The van der Waals surface area contributed by atoms with Gasteiger partial charge in [0.25, 0.3) is 5.78 Å². The lowest BCUT2D eigenvalue weighted by Crippen LogP contribution is -2.49. The van der Waals surface area contributed by atoms with Crippen LogP contribution in [0.4, 0.5) is 11.5 Å². The van der Waals surface area contributed by atoms with Crippen molar-refractivity contribution in [3.63, 3.8) is 0 Å². The Kier molecular flexibility index (Phi) is 4.72. The first-order chi connectivity index (χ1) is 13.1. The summed E-state index contributed by atoms with van der Waals surface area (Å²) < 4.78 is 1.89. The predicted octanol–water partition coefficient (Wildman–Crippen LogP) is 1.50. The highest BCUT2D eigenvalue weighted by molar-refractivity contribution is 5.93. The molecule has 8 heteroatoms. The molecule has 1 N–H and O–H groups in total. The molecule has 4 rings (SSSR count). The molecular weight excluding hydrogens is 342 g/mol. The van der Waals surface area contributed by atoms with Crippen LogP contribution in [0.15, 0.2) is 36.8 Å². The van der Waals surface area contributed by atoms with Gasteiger partial charge in [0.2, 0.25) is 5.91 Å². The summed E-state index contributed by atoms with van der Waals surface area (Å²) in [7, 11) is 0. The minimum Gasteiger partial charge on any atom is -0.355 e. The van der Waals surface area contributed by atoms with Gasteiger partial charge in [-0.2, -0.15) is 0 Å². The molecule has 0 spiro atoms. The molecule has 0 bridgehead atoms. The van der Waals surface area contributed by atoms with Crippen molar-refractivity contribution in [1.29, 1.82) is 0 Å². The van der Waals surface area contributed by atoms with Crippen LogP contribution in [0.5, 0.6) is 0 Å². The second-order valence-electron chi connectivity index (χ2n) is 6.86. The zero-order chi connectivity index (χ0) is 18.8. The number of piperazine rings is 1. The zero-order valence-corrected chi connectivity index (χ0v) is 15.6. The molecule has 1 aromatic carbocycles. The normalized spacial score (nSPS) is 15.3. The van der Waals surface area contributed by atoms with Crippen molar-refractivity contribution in [3.8, 4) is 0 Å². The smallest absolute Gasteiger partial charge is 0.256 e. The number of hydrogen-bond acceptors (Lipinski definition) is 6. The topological polar surface area (TPSA) is 78.7 Å². The highest BCUT2D eigenvalue weighted by atomic mass is 16.2. The molecule has 1 amide bonds. The van der Waals surface area contributed by atoms with Crippen molar-refractivity contribution in [3.05, 3.63) is 47.9 Å². The Morgan fingerprint density at radius 3 is 2.78 bits per heavy atom. The number of nitrogens with zero attached hydrogens (tertiary/aromatic N) is 6. The molecule has 3 aromatic rings. The number of hydrogen-bond donors (Lipinski definition) is 1. The molecule has 0 unspecified atom stereocenters. The second-order valence-corrected chi connectivity index (χ2v) is 6.86. The SMILES string of the molecule is Cc1cccc(NC(=O)CN2CCN(c3ccnc4nncn34)CC2)c1C. The van der Waals surface area contributed by atoms with Crippen molar-refractivity contribution < 1.29 is 4.79 Å². The fraction of sp³-hybridized carbons (Fsp3) is 0.368. The maximum atomic E-state index is 12.4. The zero-order valence-electron chi connectivity index (χ0n) is 15.6. The largest absolute Gasteiger partial charge is 0.355 e. The third-order valence-electron chi connectivity index (χ3n) is 5.13. The highest BCUT2D eigenvalue weighted by Crippen LogP contribution is 2.19. The van der Waals surface area contributed by atoms with E-state index in [9.17, 15) is 4.79 Å². The average molecular weight is 365 g/mol. The molecule has 27 heavy (non-hydrogen) atoms. The summed E-state index contributed by atoms with van der Waals surface area (Å²) in [6.07, 6.45) is 3.44. The van der Waals surface area contributed by atoms with E-state index in [-0.39, 0.29) is 5.91 Å². The van der Waals surface area contributed by atoms with Gasteiger partial charge in [0, 0.05) is 38.1 Å². The Morgan fingerprint density at radius 2 is 1.96 bits per heavy atom. The molecule has 2 aromatic heterocycles. The monoisotopic (exact) mass is 365 g/mol. The van der Waals surface area contributed by atoms with E-state index in [4.69, 9.17) is 0 Å². The van der Waals surface area contributed by atoms with Crippen molar-refractivity contribution >= 4 is 23.2 Å². The summed E-state index contributed by atoms with van der Waals surface area (Å²) in [6.45, 7) is 7.82. The molecule has 0 aliphatic carbocycles. The van der Waals surface area contributed by atoms with Crippen LogP contribution in [-0.4, -0.2) is 63.1 Å². The van der Waals surface area contributed by atoms with Crippen LogP contribution in [0.1, 0.15) is 11.1 Å². The Labute approximate surface area is 157 Å². The van der Waals surface area contributed by atoms with Crippen LogP contribution in [0.25, 0.3) is 5.78 Å². The van der Waals surface area contributed by atoms with Gasteiger partial charge >= 0.3 is 0 Å². The molecular formula is C19H23N7O. The molecule has 0 atom stereocenters. The van der Waals surface area contributed by atoms with E-state index in [1.54, 1.807) is 12.5 Å². The van der Waals surface area contributed by atoms with E-state index in [0.717, 1.165) is 43.2 Å². The predicted molar refractivity (Wildman–Crippen MR) is 104 cm³/mol. The van der Waals surface area contributed by atoms with Crippen molar-refractivity contribution in [2.75, 3.05) is 42.9 Å². The van der Waals surface area contributed by atoms with Gasteiger partial charge in [-0.1, -0.05) is 12.1 Å². The standard InChI is InChI=1S/C19H23N7O/c1-14-4-3-5-16(15(14)2)22-17(27)12-24-8-10-25(11-9-24)18-6-7-20-19-23-21-13-26(18)19/h3-7,13H,8-12H2,1-2H3,(H,22,27). The number of aromatic nitrogens is 4. The molecule has 140 valence electrons. The van der Waals surface area contributed by atoms with Crippen LogP contribution < -0.4 is 10.2 Å². The first-order valence-corrected chi connectivity index (χ1v) is 9.10. The Hall–Kier alpha value is -3.00. The lowest BCUT2D eigenvalue weighted by molar-refractivity contribution is -0.117. The van der Waals surface area contributed by atoms with Gasteiger partial charge in [0.15, 0.2) is 0 Å². The van der Waals surface area contributed by atoms with E-state index >= 15 is 0 Å². The lowest BCUT2D eigenvalue weighted by atomic mass is 10.1. The summed E-state index contributed by atoms with van der Waals surface area (Å²) >= 11 is 0. The molecule has 1 aliphatic rings. The number of nitrogens with one attached hydrogen (secondary N) is 1. The van der Waals surface area contributed by atoms with Gasteiger partial charge in [-0.25, -0.2) is 4.98 Å². The number of carbonyl (C=O) groups excluding carboxylic acids is 1. The number of aryl methyl sites for hydroxylation is 1. The van der Waals surface area contributed by atoms with Gasteiger partial charge in [0.1, 0.15) is 12.1 Å². The minimum atomic E-state index is 0.0299. The average Bonchev–Trinajstić information content (AvgIpc) is 3.15. The Balaban J connectivity index is 1.35. The van der Waals surface area contributed by atoms with Gasteiger partial charge in [-0.3, -0.25) is 14.1 Å². The molecule has 1 fully saturated rings. The van der Waals surface area contributed by atoms with Crippen LogP contribution in [0.2, 0.25) is 0 Å². The quantitative estimate of drug-likeness (QED) is 0.755. The summed E-state index contributed by atoms with van der Waals surface area (Å²) in [4.78, 5) is 21.1. The summed E-state index contributed by atoms with van der Waals surface area (Å²) in [5.41, 5.74) is 3.19. The molecule has 1 saturated heterocycles. The van der Waals surface area contributed by atoms with Crippen LogP contribution in [0, 0.1) is 13.8 Å². The number of amides is 1. The minimum absolute atomic E-state index is 0.0299. The molecule has 3 heterocycles. The Bertz CT molecular complexity index is 960. The van der Waals surface area contributed by atoms with Gasteiger partial charge in [-0.15, -0.1) is 10.2 Å². The van der Waals surface area contributed by atoms with Gasteiger partial charge < -0.3 is 10.2 Å². The summed E-state index contributed by atoms with van der Waals surface area (Å²) in [6, 6.07) is 7.94. The fourth-order valence-electron chi connectivity index (χ4n) is 3.40. The Morgan fingerprint density at radius 1 is 1.15 bits per heavy atom. The molecule has 8 nitrogen and oxygen atoms in total. The van der Waals surface area contributed by atoms with Gasteiger partial charge in [0.05, 0.1) is 6.54 Å². The molecule has 0 saturated carbocycles. The van der Waals surface area contributed by atoms with Crippen LogP contribution in [-0.2, 0) is 4.79 Å².